The summed E-state index contributed by atoms with van der Waals surface area (Å²) in [6, 6.07) is 0. The van der Waals surface area contributed by atoms with Crippen LogP contribution in [-0.2, 0) is 4.79 Å². The fourth-order valence-corrected chi connectivity index (χ4v) is 3.18. The van der Waals surface area contributed by atoms with Crippen LogP contribution in [0.5, 0.6) is 0 Å². The lowest BCUT2D eigenvalue weighted by atomic mass is 9.86. The average molecular weight is 238 g/mol. The Labute approximate surface area is 105 Å². The molecule has 2 fully saturated rings. The van der Waals surface area contributed by atoms with Gasteiger partial charge < -0.3 is 10.6 Å². The smallest absolute Gasteiger partial charge is 0.228 e. The molecule has 0 aromatic rings. The predicted molar refractivity (Wildman–Crippen MR) is 69.5 cm³/mol. The number of nitrogens with two attached hydrogens (primary N) is 1. The normalized spacial score (nSPS) is 31.4. The Morgan fingerprint density at radius 1 is 1.47 bits per heavy atom. The van der Waals surface area contributed by atoms with Gasteiger partial charge in [-0.2, -0.15) is 0 Å². The molecule has 2 unspecified atom stereocenters. The lowest BCUT2D eigenvalue weighted by Crippen LogP contribution is -2.48. The SMILES string of the molecule is CCCC1(C(=O)N2CCC(C)C(CN)C2)CC1. The lowest BCUT2D eigenvalue weighted by Gasteiger charge is -2.38. The van der Waals surface area contributed by atoms with Crippen molar-refractivity contribution in [1.29, 1.82) is 0 Å². The van der Waals surface area contributed by atoms with Gasteiger partial charge >= 0.3 is 0 Å². The van der Waals surface area contributed by atoms with Crippen molar-refractivity contribution in [3.63, 3.8) is 0 Å². The average Bonchev–Trinajstić information content (AvgIpc) is 3.10. The Morgan fingerprint density at radius 3 is 2.71 bits per heavy atom. The Balaban J connectivity index is 1.96. The predicted octanol–water partition coefficient (Wildman–Crippen LogP) is 2.01. The van der Waals surface area contributed by atoms with Gasteiger partial charge in [-0.05, 0) is 44.1 Å². The second-order valence-corrected chi connectivity index (χ2v) is 6.04. The van der Waals surface area contributed by atoms with E-state index in [0.717, 1.165) is 45.2 Å². The first kappa shape index (κ1) is 12.9. The molecule has 0 aromatic carbocycles. The summed E-state index contributed by atoms with van der Waals surface area (Å²) in [6.45, 7) is 6.99. The summed E-state index contributed by atoms with van der Waals surface area (Å²) in [4.78, 5) is 14.6. The largest absolute Gasteiger partial charge is 0.342 e. The summed E-state index contributed by atoms with van der Waals surface area (Å²) in [7, 11) is 0. The van der Waals surface area contributed by atoms with Gasteiger partial charge in [-0.25, -0.2) is 0 Å². The van der Waals surface area contributed by atoms with Crippen LogP contribution in [0.3, 0.4) is 0 Å². The highest BCUT2D eigenvalue weighted by Gasteiger charge is 2.51. The molecule has 3 heteroatoms. The molecule has 1 aliphatic heterocycles. The van der Waals surface area contributed by atoms with E-state index in [0.29, 0.717) is 24.3 Å². The van der Waals surface area contributed by atoms with Crippen molar-refractivity contribution >= 4 is 5.91 Å². The molecule has 0 radical (unpaired) electrons. The van der Waals surface area contributed by atoms with Crippen molar-refractivity contribution in [2.75, 3.05) is 19.6 Å². The Hall–Kier alpha value is -0.570. The minimum absolute atomic E-state index is 0.0362. The zero-order chi connectivity index (χ0) is 12.5. The number of rotatable bonds is 4. The summed E-state index contributed by atoms with van der Waals surface area (Å²) >= 11 is 0. The van der Waals surface area contributed by atoms with E-state index in [-0.39, 0.29) is 5.41 Å². The summed E-state index contributed by atoms with van der Waals surface area (Å²) in [5.41, 5.74) is 5.84. The molecule has 1 heterocycles. The third-order valence-electron chi connectivity index (χ3n) is 4.74. The third kappa shape index (κ3) is 2.49. The highest BCUT2D eigenvalue weighted by Crippen LogP contribution is 2.51. The molecule has 1 amide bonds. The van der Waals surface area contributed by atoms with Gasteiger partial charge in [-0.3, -0.25) is 4.79 Å². The molecule has 1 saturated heterocycles. The number of hydrogen-bond acceptors (Lipinski definition) is 2. The van der Waals surface area contributed by atoms with Crippen molar-refractivity contribution in [3.8, 4) is 0 Å². The van der Waals surface area contributed by atoms with Crippen molar-refractivity contribution in [2.24, 2.45) is 23.0 Å². The fourth-order valence-electron chi connectivity index (χ4n) is 3.18. The van der Waals surface area contributed by atoms with Crippen molar-refractivity contribution in [2.45, 2.75) is 46.0 Å². The number of carbonyl (C=O) groups excluding carboxylic acids is 1. The summed E-state index contributed by atoms with van der Waals surface area (Å²) in [5.74, 6) is 1.60. The van der Waals surface area contributed by atoms with E-state index in [4.69, 9.17) is 5.73 Å². The monoisotopic (exact) mass is 238 g/mol. The van der Waals surface area contributed by atoms with Crippen LogP contribution in [0.4, 0.5) is 0 Å². The molecular formula is C14H26N2O. The van der Waals surface area contributed by atoms with E-state index in [9.17, 15) is 4.79 Å². The summed E-state index contributed by atoms with van der Waals surface area (Å²) in [5, 5.41) is 0. The molecule has 2 rings (SSSR count). The van der Waals surface area contributed by atoms with Crippen LogP contribution in [-0.4, -0.2) is 30.4 Å². The van der Waals surface area contributed by atoms with E-state index in [2.05, 4.69) is 18.7 Å². The van der Waals surface area contributed by atoms with Crippen molar-refractivity contribution in [3.05, 3.63) is 0 Å². The Kier molecular flexibility index (Phi) is 3.76. The molecule has 98 valence electrons. The van der Waals surface area contributed by atoms with Crippen molar-refractivity contribution in [1.82, 2.24) is 4.90 Å². The zero-order valence-corrected chi connectivity index (χ0v) is 11.2. The molecule has 2 N–H and O–H groups in total. The van der Waals surface area contributed by atoms with E-state index in [1.165, 1.54) is 0 Å². The molecule has 1 saturated carbocycles. The first-order chi connectivity index (χ1) is 8.13. The molecule has 0 spiro atoms. The maximum absolute atomic E-state index is 12.5. The van der Waals surface area contributed by atoms with Gasteiger partial charge in [0.1, 0.15) is 0 Å². The second kappa shape index (κ2) is 4.97. The number of nitrogens with zero attached hydrogens (tertiary/aromatic N) is 1. The highest BCUT2D eigenvalue weighted by atomic mass is 16.2. The molecular weight excluding hydrogens is 212 g/mol. The van der Waals surface area contributed by atoms with Crippen LogP contribution in [0.1, 0.15) is 46.0 Å². The number of hydrogen-bond donors (Lipinski definition) is 1. The third-order valence-corrected chi connectivity index (χ3v) is 4.74. The van der Waals surface area contributed by atoms with Crippen LogP contribution in [0.25, 0.3) is 0 Å². The minimum atomic E-state index is 0.0362. The second-order valence-electron chi connectivity index (χ2n) is 6.04. The molecule has 3 nitrogen and oxygen atoms in total. The Morgan fingerprint density at radius 2 is 2.18 bits per heavy atom. The van der Waals surface area contributed by atoms with Crippen molar-refractivity contribution < 1.29 is 4.79 Å². The van der Waals surface area contributed by atoms with Gasteiger partial charge in [0, 0.05) is 18.5 Å². The number of likely N-dealkylation sites (tertiary alicyclic amines) is 1. The molecule has 0 bridgehead atoms. The van der Waals surface area contributed by atoms with E-state index >= 15 is 0 Å². The van der Waals surface area contributed by atoms with Gasteiger partial charge in [0.2, 0.25) is 5.91 Å². The van der Waals surface area contributed by atoms with Crippen LogP contribution >= 0.6 is 0 Å². The minimum Gasteiger partial charge on any atom is -0.342 e. The molecule has 17 heavy (non-hydrogen) atoms. The molecule has 2 aliphatic rings. The highest BCUT2D eigenvalue weighted by molar-refractivity contribution is 5.85. The van der Waals surface area contributed by atoms with Gasteiger partial charge in [-0.15, -0.1) is 0 Å². The van der Waals surface area contributed by atoms with Crippen LogP contribution < -0.4 is 5.73 Å². The maximum Gasteiger partial charge on any atom is 0.228 e. The first-order valence-electron chi connectivity index (χ1n) is 7.12. The van der Waals surface area contributed by atoms with Crippen LogP contribution in [0.2, 0.25) is 0 Å². The van der Waals surface area contributed by atoms with Gasteiger partial charge in [0.15, 0.2) is 0 Å². The van der Waals surface area contributed by atoms with E-state index in [1.54, 1.807) is 0 Å². The number of piperidine rings is 1. The molecule has 1 aliphatic carbocycles. The topological polar surface area (TPSA) is 46.3 Å². The van der Waals surface area contributed by atoms with E-state index in [1.807, 2.05) is 0 Å². The maximum atomic E-state index is 12.5. The molecule has 2 atom stereocenters. The Bertz CT molecular complexity index is 286. The van der Waals surface area contributed by atoms with Gasteiger partial charge in [0.05, 0.1) is 0 Å². The number of amides is 1. The zero-order valence-electron chi connectivity index (χ0n) is 11.2. The van der Waals surface area contributed by atoms with E-state index < -0.39 is 0 Å². The lowest BCUT2D eigenvalue weighted by molar-refractivity contribution is -0.139. The fraction of sp³-hybridized carbons (Fsp3) is 0.929. The summed E-state index contributed by atoms with van der Waals surface area (Å²) < 4.78 is 0. The van der Waals surface area contributed by atoms with Gasteiger partial charge in [-0.1, -0.05) is 20.3 Å². The van der Waals surface area contributed by atoms with Gasteiger partial charge in [0.25, 0.3) is 0 Å². The van der Waals surface area contributed by atoms with Crippen LogP contribution in [0, 0.1) is 17.3 Å². The molecule has 0 aromatic heterocycles. The quantitative estimate of drug-likeness (QED) is 0.814. The standard InChI is InChI=1S/C14H26N2O/c1-3-5-14(6-7-14)13(17)16-8-4-11(2)12(9-15)10-16/h11-12H,3-10,15H2,1-2H3. The van der Waals surface area contributed by atoms with Crippen LogP contribution in [0.15, 0.2) is 0 Å². The summed E-state index contributed by atoms with van der Waals surface area (Å²) in [6.07, 6.45) is 5.54. The number of carbonyl (C=O) groups is 1. The first-order valence-corrected chi connectivity index (χ1v) is 7.12.